The van der Waals surface area contributed by atoms with E-state index < -0.39 is 0 Å². The fourth-order valence-corrected chi connectivity index (χ4v) is 1.52. The van der Waals surface area contributed by atoms with Crippen molar-refractivity contribution in [2.75, 3.05) is 25.6 Å². The Morgan fingerprint density at radius 2 is 2.38 bits per heavy atom. The third-order valence-corrected chi connectivity index (χ3v) is 2.32. The summed E-state index contributed by atoms with van der Waals surface area (Å²) < 4.78 is 6.70. The molecule has 16 heavy (non-hydrogen) atoms. The molecule has 5 nitrogen and oxygen atoms in total. The lowest BCUT2D eigenvalue weighted by atomic mass is 10.4. The zero-order valence-electron chi connectivity index (χ0n) is 9.91. The Kier molecular flexibility index (Phi) is 5.21. The third-order valence-electron chi connectivity index (χ3n) is 2.07. The van der Waals surface area contributed by atoms with Crippen LogP contribution in [0.15, 0.2) is 6.20 Å². The molecule has 0 radical (unpaired) electrons. The molecule has 90 valence electrons. The number of nitrogens with zero attached hydrogens (tertiary/aromatic N) is 2. The molecular weight excluding hydrogens is 224 g/mol. The van der Waals surface area contributed by atoms with Gasteiger partial charge in [-0.05, 0) is 25.6 Å². The molecule has 1 heterocycles. The Balaban J connectivity index is 2.31. The Morgan fingerprint density at radius 1 is 1.62 bits per heavy atom. The molecule has 1 aromatic rings. The molecule has 0 spiro atoms. The first-order chi connectivity index (χ1) is 7.63. The van der Waals surface area contributed by atoms with Gasteiger partial charge in [0.25, 0.3) is 0 Å². The predicted molar refractivity (Wildman–Crippen MR) is 68.7 cm³/mol. The summed E-state index contributed by atoms with van der Waals surface area (Å²) in [5.41, 5.74) is 1.87. The van der Waals surface area contributed by atoms with Crippen LogP contribution in [0.3, 0.4) is 0 Å². The smallest absolute Gasteiger partial charge is 0.170 e. The first-order valence-electron chi connectivity index (χ1n) is 5.17. The van der Waals surface area contributed by atoms with Gasteiger partial charge in [0.1, 0.15) is 0 Å². The number of anilines is 1. The SMILES string of the molecule is COCCCNC(=S)Nc1cn(C)nc1C. The van der Waals surface area contributed by atoms with E-state index in [0.29, 0.717) is 5.11 Å². The van der Waals surface area contributed by atoms with Gasteiger partial charge in [0.15, 0.2) is 5.11 Å². The molecule has 0 aliphatic rings. The van der Waals surface area contributed by atoms with Crippen molar-refractivity contribution in [3.8, 4) is 0 Å². The van der Waals surface area contributed by atoms with E-state index in [1.807, 2.05) is 20.2 Å². The fraction of sp³-hybridized carbons (Fsp3) is 0.600. The Bertz CT molecular complexity index is 351. The van der Waals surface area contributed by atoms with Crippen molar-refractivity contribution in [2.45, 2.75) is 13.3 Å². The van der Waals surface area contributed by atoms with Crippen molar-refractivity contribution in [3.05, 3.63) is 11.9 Å². The van der Waals surface area contributed by atoms with Crippen LogP contribution >= 0.6 is 12.2 Å². The summed E-state index contributed by atoms with van der Waals surface area (Å²) in [4.78, 5) is 0. The number of thiocarbonyl (C=S) groups is 1. The van der Waals surface area contributed by atoms with Crippen molar-refractivity contribution < 1.29 is 4.74 Å². The normalized spacial score (nSPS) is 10.2. The maximum Gasteiger partial charge on any atom is 0.170 e. The van der Waals surface area contributed by atoms with Gasteiger partial charge < -0.3 is 15.4 Å². The maximum absolute atomic E-state index is 5.15. The average molecular weight is 242 g/mol. The minimum absolute atomic E-state index is 0.618. The number of hydrogen-bond acceptors (Lipinski definition) is 3. The van der Waals surface area contributed by atoms with Crippen LogP contribution in [0.4, 0.5) is 5.69 Å². The Hall–Kier alpha value is -1.14. The fourth-order valence-electron chi connectivity index (χ4n) is 1.31. The van der Waals surface area contributed by atoms with Crippen LogP contribution in [0.1, 0.15) is 12.1 Å². The average Bonchev–Trinajstić information content (AvgIpc) is 2.52. The highest BCUT2D eigenvalue weighted by Crippen LogP contribution is 2.10. The number of methoxy groups -OCH3 is 1. The lowest BCUT2D eigenvalue weighted by molar-refractivity contribution is 0.196. The second-order valence-electron chi connectivity index (χ2n) is 3.53. The molecule has 1 aromatic heterocycles. The second-order valence-corrected chi connectivity index (χ2v) is 3.94. The summed E-state index contributed by atoms with van der Waals surface area (Å²) >= 11 is 5.15. The van der Waals surface area contributed by atoms with E-state index in [2.05, 4.69) is 15.7 Å². The molecule has 0 atom stereocenters. The highest BCUT2D eigenvalue weighted by Gasteiger charge is 2.03. The molecule has 0 aromatic carbocycles. The first-order valence-corrected chi connectivity index (χ1v) is 5.58. The van der Waals surface area contributed by atoms with Crippen molar-refractivity contribution in [3.63, 3.8) is 0 Å². The minimum atomic E-state index is 0.618. The molecule has 0 fully saturated rings. The molecular formula is C10H18N4OS. The van der Waals surface area contributed by atoms with Crippen LogP contribution < -0.4 is 10.6 Å². The highest BCUT2D eigenvalue weighted by molar-refractivity contribution is 7.80. The number of nitrogens with one attached hydrogen (secondary N) is 2. The molecule has 0 aliphatic carbocycles. The van der Waals surface area contributed by atoms with E-state index in [-0.39, 0.29) is 0 Å². The highest BCUT2D eigenvalue weighted by atomic mass is 32.1. The van der Waals surface area contributed by atoms with E-state index in [1.54, 1.807) is 11.8 Å². The van der Waals surface area contributed by atoms with E-state index >= 15 is 0 Å². The van der Waals surface area contributed by atoms with Gasteiger partial charge in [-0.3, -0.25) is 4.68 Å². The van der Waals surface area contributed by atoms with Crippen molar-refractivity contribution in [1.29, 1.82) is 0 Å². The summed E-state index contributed by atoms with van der Waals surface area (Å²) in [6.45, 7) is 3.48. The van der Waals surface area contributed by atoms with Crippen LogP contribution in [-0.2, 0) is 11.8 Å². The van der Waals surface area contributed by atoms with Crippen LogP contribution in [0.25, 0.3) is 0 Å². The number of aryl methyl sites for hydroxylation is 2. The predicted octanol–water partition coefficient (Wildman–Crippen LogP) is 1.05. The molecule has 0 bridgehead atoms. The van der Waals surface area contributed by atoms with Gasteiger partial charge in [0.05, 0.1) is 11.4 Å². The minimum Gasteiger partial charge on any atom is -0.385 e. The summed E-state index contributed by atoms with van der Waals surface area (Å²) in [5, 5.41) is 11.0. The van der Waals surface area contributed by atoms with E-state index in [9.17, 15) is 0 Å². The molecule has 0 saturated heterocycles. The van der Waals surface area contributed by atoms with Gasteiger partial charge in [0.2, 0.25) is 0 Å². The third kappa shape index (κ3) is 4.16. The van der Waals surface area contributed by atoms with Gasteiger partial charge in [-0.25, -0.2) is 0 Å². The zero-order chi connectivity index (χ0) is 12.0. The second kappa shape index (κ2) is 6.44. The molecule has 2 N–H and O–H groups in total. The Labute approximate surface area is 101 Å². The van der Waals surface area contributed by atoms with E-state index in [1.165, 1.54) is 0 Å². The quantitative estimate of drug-likeness (QED) is 0.597. The number of rotatable bonds is 5. The summed E-state index contributed by atoms with van der Waals surface area (Å²) in [6, 6.07) is 0. The monoisotopic (exact) mass is 242 g/mol. The van der Waals surface area contributed by atoms with Crippen LogP contribution in [-0.4, -0.2) is 35.2 Å². The summed E-state index contributed by atoms with van der Waals surface area (Å²) in [5.74, 6) is 0. The molecule has 6 heteroatoms. The first kappa shape index (κ1) is 12.9. The molecule has 0 unspecified atom stereocenters. The van der Waals surface area contributed by atoms with Crippen molar-refractivity contribution in [1.82, 2.24) is 15.1 Å². The summed E-state index contributed by atoms with van der Waals surface area (Å²) in [7, 11) is 3.57. The molecule has 1 rings (SSSR count). The standard InChI is InChI=1S/C10H18N4OS/c1-8-9(7-14(2)13-8)12-10(16)11-5-4-6-15-3/h7H,4-6H2,1-3H3,(H2,11,12,16). The number of aromatic nitrogens is 2. The Morgan fingerprint density at radius 3 is 2.94 bits per heavy atom. The molecule has 0 saturated carbocycles. The van der Waals surface area contributed by atoms with Gasteiger partial charge in [-0.15, -0.1) is 0 Å². The van der Waals surface area contributed by atoms with Gasteiger partial charge in [-0.1, -0.05) is 0 Å². The van der Waals surface area contributed by atoms with Gasteiger partial charge in [-0.2, -0.15) is 5.10 Å². The zero-order valence-corrected chi connectivity index (χ0v) is 10.7. The molecule has 0 amide bonds. The van der Waals surface area contributed by atoms with Crippen molar-refractivity contribution >= 4 is 23.0 Å². The van der Waals surface area contributed by atoms with E-state index in [4.69, 9.17) is 17.0 Å². The van der Waals surface area contributed by atoms with Crippen LogP contribution in [0.5, 0.6) is 0 Å². The molecule has 0 aliphatic heterocycles. The van der Waals surface area contributed by atoms with Crippen LogP contribution in [0, 0.1) is 6.92 Å². The number of ether oxygens (including phenoxy) is 1. The van der Waals surface area contributed by atoms with Crippen molar-refractivity contribution in [2.24, 2.45) is 7.05 Å². The van der Waals surface area contributed by atoms with Crippen LogP contribution in [0.2, 0.25) is 0 Å². The lowest BCUT2D eigenvalue weighted by Gasteiger charge is -2.08. The number of hydrogen-bond donors (Lipinski definition) is 2. The van der Waals surface area contributed by atoms with Gasteiger partial charge in [0, 0.05) is 33.5 Å². The summed E-state index contributed by atoms with van der Waals surface area (Å²) in [6.07, 6.45) is 2.84. The topological polar surface area (TPSA) is 51.1 Å². The van der Waals surface area contributed by atoms with Gasteiger partial charge >= 0.3 is 0 Å². The lowest BCUT2D eigenvalue weighted by Crippen LogP contribution is -2.29. The van der Waals surface area contributed by atoms with E-state index in [0.717, 1.165) is 31.0 Å². The maximum atomic E-state index is 5.15. The largest absolute Gasteiger partial charge is 0.385 e.